The molecule has 0 amide bonds. The SMILES string of the molecule is CC[C@@H](C)CC(C)C(C)C. The van der Waals surface area contributed by atoms with Crippen LogP contribution in [0.4, 0.5) is 0 Å². The standard InChI is InChI=1S/C10H22/c1-6-9(4)7-10(5)8(2)3/h8-10H,6-7H2,1-5H3/t9-,10?/m1/s1. The molecule has 1 unspecified atom stereocenters. The lowest BCUT2D eigenvalue weighted by Crippen LogP contribution is -2.08. The van der Waals surface area contributed by atoms with Crippen LogP contribution in [-0.4, -0.2) is 0 Å². The number of hydrogen-bond acceptors (Lipinski definition) is 0. The van der Waals surface area contributed by atoms with Gasteiger partial charge in [0.15, 0.2) is 0 Å². The molecular formula is C10H22. The molecule has 10 heavy (non-hydrogen) atoms. The molecule has 0 aromatic carbocycles. The minimum atomic E-state index is 0.856. The molecule has 0 aromatic rings. The van der Waals surface area contributed by atoms with Crippen molar-refractivity contribution in [3.63, 3.8) is 0 Å². The van der Waals surface area contributed by atoms with E-state index in [-0.39, 0.29) is 0 Å². The molecule has 0 bridgehead atoms. The molecule has 0 nitrogen and oxygen atoms in total. The van der Waals surface area contributed by atoms with Crippen molar-refractivity contribution in [2.75, 3.05) is 0 Å². The summed E-state index contributed by atoms with van der Waals surface area (Å²) in [6.45, 7) is 11.6. The van der Waals surface area contributed by atoms with Crippen LogP contribution in [0.2, 0.25) is 0 Å². The summed E-state index contributed by atoms with van der Waals surface area (Å²) >= 11 is 0. The molecule has 0 aliphatic heterocycles. The van der Waals surface area contributed by atoms with Gasteiger partial charge in [0.05, 0.1) is 0 Å². The zero-order valence-corrected chi connectivity index (χ0v) is 8.15. The zero-order chi connectivity index (χ0) is 8.15. The normalized spacial score (nSPS) is 17.4. The Hall–Kier alpha value is 0. The van der Waals surface area contributed by atoms with E-state index in [1.54, 1.807) is 0 Å². The third-order valence-electron chi connectivity index (χ3n) is 2.61. The second-order valence-corrected chi connectivity index (χ2v) is 3.97. The molecule has 0 saturated heterocycles. The van der Waals surface area contributed by atoms with E-state index in [1.165, 1.54) is 12.8 Å². The van der Waals surface area contributed by atoms with E-state index in [4.69, 9.17) is 0 Å². The molecule has 0 heteroatoms. The zero-order valence-electron chi connectivity index (χ0n) is 8.15. The third-order valence-corrected chi connectivity index (χ3v) is 2.61. The van der Waals surface area contributed by atoms with Gasteiger partial charge in [-0.1, -0.05) is 41.0 Å². The maximum atomic E-state index is 2.36. The van der Waals surface area contributed by atoms with Crippen LogP contribution in [-0.2, 0) is 0 Å². The van der Waals surface area contributed by atoms with Gasteiger partial charge < -0.3 is 0 Å². The molecule has 0 aliphatic carbocycles. The van der Waals surface area contributed by atoms with Crippen LogP contribution in [0.5, 0.6) is 0 Å². The highest BCUT2D eigenvalue weighted by atomic mass is 14.2. The summed E-state index contributed by atoms with van der Waals surface area (Å²) in [5.74, 6) is 2.67. The Bertz CT molecular complexity index is 74.1. The molecule has 0 heterocycles. The maximum Gasteiger partial charge on any atom is -0.0417 e. The van der Waals surface area contributed by atoms with Gasteiger partial charge in [-0.05, 0) is 24.2 Å². The summed E-state index contributed by atoms with van der Waals surface area (Å²) in [7, 11) is 0. The van der Waals surface area contributed by atoms with Gasteiger partial charge in [-0.25, -0.2) is 0 Å². The Morgan fingerprint density at radius 2 is 1.50 bits per heavy atom. The Kier molecular flexibility index (Phi) is 4.76. The van der Waals surface area contributed by atoms with Gasteiger partial charge >= 0.3 is 0 Å². The molecule has 0 spiro atoms. The van der Waals surface area contributed by atoms with Gasteiger partial charge in [0.2, 0.25) is 0 Å². The summed E-state index contributed by atoms with van der Waals surface area (Å²) < 4.78 is 0. The minimum Gasteiger partial charge on any atom is -0.0651 e. The lowest BCUT2D eigenvalue weighted by atomic mass is 9.88. The first kappa shape index (κ1) is 10.0. The molecule has 2 atom stereocenters. The van der Waals surface area contributed by atoms with E-state index in [1.807, 2.05) is 0 Å². The van der Waals surface area contributed by atoms with Crippen LogP contribution < -0.4 is 0 Å². The highest BCUT2D eigenvalue weighted by molar-refractivity contribution is 4.60. The average molecular weight is 142 g/mol. The Morgan fingerprint density at radius 1 is 1.00 bits per heavy atom. The van der Waals surface area contributed by atoms with E-state index < -0.39 is 0 Å². The molecule has 0 saturated carbocycles. The summed E-state index contributed by atoms with van der Waals surface area (Å²) in [4.78, 5) is 0. The lowest BCUT2D eigenvalue weighted by Gasteiger charge is -2.18. The molecule has 0 aliphatic rings. The summed E-state index contributed by atoms with van der Waals surface area (Å²) in [6.07, 6.45) is 2.73. The smallest absolute Gasteiger partial charge is 0.0417 e. The fourth-order valence-electron chi connectivity index (χ4n) is 1.07. The largest absolute Gasteiger partial charge is 0.0651 e. The predicted molar refractivity (Wildman–Crippen MR) is 48.1 cm³/mol. The highest BCUT2D eigenvalue weighted by Crippen LogP contribution is 2.20. The monoisotopic (exact) mass is 142 g/mol. The lowest BCUT2D eigenvalue weighted by molar-refractivity contribution is 0.327. The van der Waals surface area contributed by atoms with Crippen LogP contribution in [0.15, 0.2) is 0 Å². The Balaban J connectivity index is 3.46. The summed E-state index contributed by atoms with van der Waals surface area (Å²) in [5, 5.41) is 0. The van der Waals surface area contributed by atoms with E-state index in [0.29, 0.717) is 0 Å². The first-order valence-corrected chi connectivity index (χ1v) is 4.57. The van der Waals surface area contributed by atoms with Crippen molar-refractivity contribution < 1.29 is 0 Å². The van der Waals surface area contributed by atoms with Crippen LogP contribution in [0.25, 0.3) is 0 Å². The second kappa shape index (κ2) is 4.76. The van der Waals surface area contributed by atoms with Gasteiger partial charge in [0.1, 0.15) is 0 Å². The van der Waals surface area contributed by atoms with E-state index >= 15 is 0 Å². The van der Waals surface area contributed by atoms with Gasteiger partial charge in [-0.2, -0.15) is 0 Å². The second-order valence-electron chi connectivity index (χ2n) is 3.97. The summed E-state index contributed by atoms with van der Waals surface area (Å²) in [5.41, 5.74) is 0. The number of hydrogen-bond donors (Lipinski definition) is 0. The fourth-order valence-corrected chi connectivity index (χ4v) is 1.07. The van der Waals surface area contributed by atoms with Gasteiger partial charge in [-0.15, -0.1) is 0 Å². The highest BCUT2D eigenvalue weighted by Gasteiger charge is 2.09. The average Bonchev–Trinajstić information content (AvgIpc) is 1.87. The molecule has 62 valence electrons. The molecule has 0 radical (unpaired) electrons. The van der Waals surface area contributed by atoms with Crippen LogP contribution in [0.3, 0.4) is 0 Å². The van der Waals surface area contributed by atoms with E-state index in [0.717, 1.165) is 17.8 Å². The van der Waals surface area contributed by atoms with Crippen molar-refractivity contribution in [2.24, 2.45) is 17.8 Å². The Labute approximate surface area is 66.0 Å². The van der Waals surface area contributed by atoms with Gasteiger partial charge in [-0.3, -0.25) is 0 Å². The maximum absolute atomic E-state index is 2.36. The van der Waals surface area contributed by atoms with Crippen molar-refractivity contribution in [1.82, 2.24) is 0 Å². The topological polar surface area (TPSA) is 0 Å². The molecule has 0 N–H and O–H groups in total. The van der Waals surface area contributed by atoms with Crippen LogP contribution in [0.1, 0.15) is 47.5 Å². The summed E-state index contributed by atoms with van der Waals surface area (Å²) in [6, 6.07) is 0. The molecule has 0 aromatic heterocycles. The van der Waals surface area contributed by atoms with Gasteiger partial charge in [0, 0.05) is 0 Å². The van der Waals surface area contributed by atoms with Crippen LogP contribution in [0, 0.1) is 17.8 Å². The molecular weight excluding hydrogens is 120 g/mol. The van der Waals surface area contributed by atoms with Crippen molar-refractivity contribution >= 4 is 0 Å². The predicted octanol–water partition coefficient (Wildman–Crippen LogP) is 3.71. The van der Waals surface area contributed by atoms with Crippen LogP contribution >= 0.6 is 0 Å². The minimum absolute atomic E-state index is 0.856. The fraction of sp³-hybridized carbons (Fsp3) is 1.00. The number of rotatable bonds is 4. The van der Waals surface area contributed by atoms with E-state index in [2.05, 4.69) is 34.6 Å². The van der Waals surface area contributed by atoms with Crippen molar-refractivity contribution in [1.29, 1.82) is 0 Å². The molecule has 0 rings (SSSR count). The first-order chi connectivity index (χ1) is 4.57. The molecule has 0 fully saturated rings. The van der Waals surface area contributed by atoms with Crippen molar-refractivity contribution in [3.8, 4) is 0 Å². The van der Waals surface area contributed by atoms with Crippen molar-refractivity contribution in [2.45, 2.75) is 47.5 Å². The van der Waals surface area contributed by atoms with Crippen molar-refractivity contribution in [3.05, 3.63) is 0 Å². The third kappa shape index (κ3) is 3.92. The Morgan fingerprint density at radius 3 is 1.80 bits per heavy atom. The first-order valence-electron chi connectivity index (χ1n) is 4.57. The van der Waals surface area contributed by atoms with E-state index in [9.17, 15) is 0 Å². The van der Waals surface area contributed by atoms with Gasteiger partial charge in [0.25, 0.3) is 0 Å². The quantitative estimate of drug-likeness (QED) is 0.561.